The number of carbonyl (C=O) groups excluding carboxylic acids is 1. The highest BCUT2D eigenvalue weighted by Crippen LogP contribution is 2.24. The van der Waals surface area contributed by atoms with Crippen LogP contribution in [-0.4, -0.2) is 31.1 Å². The molecule has 3 aromatic rings. The lowest BCUT2D eigenvalue weighted by molar-refractivity contribution is -0.122. The number of nitrogens with zero attached hydrogens (tertiary/aromatic N) is 4. The monoisotopic (exact) mass is 415 g/mol. The molecule has 2 atom stereocenters. The van der Waals surface area contributed by atoms with Crippen molar-refractivity contribution in [2.45, 2.75) is 71.9 Å². The van der Waals surface area contributed by atoms with Gasteiger partial charge in [-0.05, 0) is 36.1 Å². The second-order valence-electron chi connectivity index (χ2n) is 8.63. The van der Waals surface area contributed by atoms with E-state index in [1.807, 2.05) is 15.8 Å². The second kappa shape index (κ2) is 8.26. The summed E-state index contributed by atoms with van der Waals surface area (Å²) >= 11 is 1.44. The minimum atomic E-state index is -0.0146. The molecule has 156 valence electrons. The molecule has 1 fully saturated rings. The SMILES string of the molecule is CC(C)Cn1c(=O)c2sccc2n2c(CCC(=O)N[C@H]3CCCC[C@H]3C)nnc12. The van der Waals surface area contributed by atoms with Crippen molar-refractivity contribution < 1.29 is 4.79 Å². The zero-order valence-electron chi connectivity index (χ0n) is 17.4. The van der Waals surface area contributed by atoms with E-state index >= 15 is 0 Å². The zero-order chi connectivity index (χ0) is 20.5. The van der Waals surface area contributed by atoms with Crippen LogP contribution in [0.1, 0.15) is 58.7 Å². The molecule has 1 aliphatic carbocycles. The van der Waals surface area contributed by atoms with Gasteiger partial charge in [0, 0.05) is 25.4 Å². The van der Waals surface area contributed by atoms with Gasteiger partial charge in [-0.1, -0.05) is 33.6 Å². The summed E-state index contributed by atoms with van der Waals surface area (Å²) in [4.78, 5) is 25.4. The molecule has 29 heavy (non-hydrogen) atoms. The molecule has 1 amide bonds. The predicted molar refractivity (Wildman–Crippen MR) is 115 cm³/mol. The standard InChI is InChI=1S/C21H29N5O2S/c1-13(2)12-25-20(28)19-16(10-11-29-19)26-17(23-24-21(25)26)8-9-18(27)22-15-7-5-4-6-14(15)3/h10-11,13-15H,4-9,12H2,1-3H3,(H,22,27)/t14-,15+/m1/s1. The van der Waals surface area contributed by atoms with Crippen molar-refractivity contribution in [3.8, 4) is 0 Å². The maximum Gasteiger partial charge on any atom is 0.272 e. The average Bonchev–Trinajstić information content (AvgIpc) is 3.32. The van der Waals surface area contributed by atoms with Crippen LogP contribution in [0, 0.1) is 11.8 Å². The lowest BCUT2D eigenvalue weighted by atomic mass is 9.86. The van der Waals surface area contributed by atoms with Gasteiger partial charge >= 0.3 is 0 Å². The van der Waals surface area contributed by atoms with E-state index in [1.165, 1.54) is 30.6 Å². The molecule has 3 aromatic heterocycles. The highest BCUT2D eigenvalue weighted by atomic mass is 32.1. The molecular weight excluding hydrogens is 386 g/mol. The van der Waals surface area contributed by atoms with E-state index in [-0.39, 0.29) is 17.5 Å². The molecular formula is C21H29N5O2S. The third-order valence-corrected chi connectivity index (χ3v) is 6.75. The van der Waals surface area contributed by atoms with Crippen LogP contribution in [0.15, 0.2) is 16.2 Å². The summed E-state index contributed by atoms with van der Waals surface area (Å²) in [6.45, 7) is 6.97. The van der Waals surface area contributed by atoms with Gasteiger partial charge in [-0.3, -0.25) is 18.6 Å². The van der Waals surface area contributed by atoms with E-state index < -0.39 is 0 Å². The number of amides is 1. The Morgan fingerprint density at radius 1 is 1.31 bits per heavy atom. The van der Waals surface area contributed by atoms with Crippen LogP contribution in [0.4, 0.5) is 0 Å². The highest BCUT2D eigenvalue weighted by molar-refractivity contribution is 7.17. The fourth-order valence-corrected chi connectivity index (χ4v) is 5.13. The number of thiophene rings is 1. The van der Waals surface area contributed by atoms with Crippen LogP contribution < -0.4 is 10.9 Å². The van der Waals surface area contributed by atoms with Gasteiger partial charge < -0.3 is 5.32 Å². The van der Waals surface area contributed by atoms with E-state index in [2.05, 4.69) is 36.3 Å². The van der Waals surface area contributed by atoms with Crippen molar-refractivity contribution in [3.05, 3.63) is 27.6 Å². The molecule has 0 bridgehead atoms. The van der Waals surface area contributed by atoms with Crippen LogP contribution >= 0.6 is 11.3 Å². The van der Waals surface area contributed by atoms with Crippen LogP contribution in [0.5, 0.6) is 0 Å². The summed E-state index contributed by atoms with van der Waals surface area (Å²) in [6, 6.07) is 2.22. The lowest BCUT2D eigenvalue weighted by Gasteiger charge is -2.29. The molecule has 4 rings (SSSR count). The Labute approximate surface area is 174 Å². The van der Waals surface area contributed by atoms with E-state index in [9.17, 15) is 9.59 Å². The van der Waals surface area contributed by atoms with Gasteiger partial charge in [0.05, 0.1) is 5.52 Å². The molecule has 1 saturated carbocycles. The largest absolute Gasteiger partial charge is 0.353 e. The van der Waals surface area contributed by atoms with E-state index in [4.69, 9.17) is 0 Å². The van der Waals surface area contributed by atoms with Gasteiger partial charge in [0.15, 0.2) is 0 Å². The number of fused-ring (bicyclic) bond motifs is 3. The first-order valence-electron chi connectivity index (χ1n) is 10.6. The molecule has 0 aliphatic heterocycles. The quantitative estimate of drug-likeness (QED) is 0.669. The third kappa shape index (κ3) is 3.95. The van der Waals surface area contributed by atoms with Crippen molar-refractivity contribution in [1.29, 1.82) is 0 Å². The minimum Gasteiger partial charge on any atom is -0.353 e. The first-order chi connectivity index (χ1) is 14.0. The summed E-state index contributed by atoms with van der Waals surface area (Å²) < 4.78 is 4.37. The maximum absolute atomic E-state index is 12.9. The summed E-state index contributed by atoms with van der Waals surface area (Å²) in [7, 11) is 0. The van der Waals surface area contributed by atoms with E-state index in [1.54, 1.807) is 4.57 Å². The third-order valence-electron chi connectivity index (χ3n) is 5.86. The van der Waals surface area contributed by atoms with Gasteiger partial charge in [-0.2, -0.15) is 0 Å². The topological polar surface area (TPSA) is 81.3 Å². The Balaban J connectivity index is 1.59. The van der Waals surface area contributed by atoms with Gasteiger partial charge in [-0.15, -0.1) is 21.5 Å². The average molecular weight is 416 g/mol. The molecule has 0 aromatic carbocycles. The maximum atomic E-state index is 12.9. The van der Waals surface area contributed by atoms with Crippen LogP contribution in [-0.2, 0) is 17.8 Å². The molecule has 0 saturated heterocycles. The van der Waals surface area contributed by atoms with E-state index in [0.29, 0.717) is 41.7 Å². The molecule has 0 spiro atoms. The minimum absolute atomic E-state index is 0.0146. The van der Waals surface area contributed by atoms with Crippen LogP contribution in [0.25, 0.3) is 16.0 Å². The Morgan fingerprint density at radius 2 is 2.10 bits per heavy atom. The number of aromatic nitrogens is 4. The Morgan fingerprint density at radius 3 is 2.86 bits per heavy atom. The van der Waals surface area contributed by atoms with E-state index in [0.717, 1.165) is 17.8 Å². The Kier molecular flexibility index (Phi) is 5.72. The van der Waals surface area contributed by atoms with Crippen molar-refractivity contribution in [2.24, 2.45) is 11.8 Å². The van der Waals surface area contributed by atoms with Crippen molar-refractivity contribution in [1.82, 2.24) is 24.5 Å². The Bertz CT molecular complexity index is 1080. The van der Waals surface area contributed by atoms with Crippen molar-refractivity contribution in [2.75, 3.05) is 0 Å². The zero-order valence-corrected chi connectivity index (χ0v) is 18.2. The number of nitrogens with one attached hydrogen (secondary N) is 1. The normalized spacial score (nSPS) is 20.0. The summed E-state index contributed by atoms with van der Waals surface area (Å²) in [5.41, 5.74) is 0.815. The summed E-state index contributed by atoms with van der Waals surface area (Å²) in [5, 5.41) is 13.8. The predicted octanol–water partition coefficient (Wildman–Crippen LogP) is 3.39. The first kappa shape index (κ1) is 20.1. The molecule has 0 radical (unpaired) electrons. The number of hydrogen-bond donors (Lipinski definition) is 1. The smallest absolute Gasteiger partial charge is 0.272 e. The molecule has 1 aliphatic rings. The second-order valence-corrected chi connectivity index (χ2v) is 9.55. The van der Waals surface area contributed by atoms with Gasteiger partial charge in [0.1, 0.15) is 10.5 Å². The fourth-order valence-electron chi connectivity index (χ4n) is 4.31. The summed E-state index contributed by atoms with van der Waals surface area (Å²) in [5.74, 6) is 2.21. The van der Waals surface area contributed by atoms with Crippen LogP contribution in [0.2, 0.25) is 0 Å². The fraction of sp³-hybridized carbons (Fsp3) is 0.619. The van der Waals surface area contributed by atoms with Crippen LogP contribution in [0.3, 0.4) is 0 Å². The lowest BCUT2D eigenvalue weighted by Crippen LogP contribution is -2.41. The number of carbonyl (C=O) groups is 1. The van der Waals surface area contributed by atoms with Crippen molar-refractivity contribution in [3.63, 3.8) is 0 Å². The van der Waals surface area contributed by atoms with Gasteiger partial charge in [0.2, 0.25) is 11.7 Å². The highest BCUT2D eigenvalue weighted by Gasteiger charge is 2.23. The molecule has 3 heterocycles. The molecule has 7 nitrogen and oxygen atoms in total. The van der Waals surface area contributed by atoms with Gasteiger partial charge in [0.25, 0.3) is 5.56 Å². The number of aryl methyl sites for hydroxylation is 1. The Hall–Kier alpha value is -2.22. The number of rotatable bonds is 6. The van der Waals surface area contributed by atoms with Gasteiger partial charge in [-0.25, -0.2) is 0 Å². The molecule has 8 heteroatoms. The first-order valence-corrected chi connectivity index (χ1v) is 11.5. The molecule has 0 unspecified atom stereocenters. The van der Waals surface area contributed by atoms with Crippen molar-refractivity contribution >= 4 is 33.2 Å². The molecule has 1 N–H and O–H groups in total. The number of hydrogen-bond acceptors (Lipinski definition) is 5. The summed E-state index contributed by atoms with van der Waals surface area (Å²) in [6.07, 6.45) is 5.57.